The number of non-ortho nitro benzene ring substituents is 1. The zero-order valence-electron chi connectivity index (χ0n) is 17.1. The molecule has 2 aromatic rings. The molecule has 3 rings (SSSR count). The van der Waals surface area contributed by atoms with Crippen molar-refractivity contribution in [3.05, 3.63) is 68.7 Å². The average molecular weight is 460 g/mol. The normalized spacial score (nSPS) is 15.5. The molecular formula is C21H18ClN3O7. The second-order valence-corrected chi connectivity index (χ2v) is 7.25. The van der Waals surface area contributed by atoms with E-state index in [1.807, 2.05) is 0 Å². The van der Waals surface area contributed by atoms with Gasteiger partial charge in [0.05, 0.1) is 18.6 Å². The van der Waals surface area contributed by atoms with Crippen LogP contribution in [0.1, 0.15) is 5.56 Å². The highest BCUT2D eigenvalue weighted by Gasteiger charge is 2.34. The number of hydrogen-bond donors (Lipinski definition) is 0. The molecule has 1 aliphatic heterocycles. The number of amides is 3. The average Bonchev–Trinajstić information content (AvgIpc) is 2.86. The Balaban J connectivity index is 1.91. The molecule has 0 aliphatic carbocycles. The zero-order valence-corrected chi connectivity index (χ0v) is 17.9. The van der Waals surface area contributed by atoms with Gasteiger partial charge in [-0.25, -0.2) is 9.69 Å². The Hall–Kier alpha value is -3.92. The van der Waals surface area contributed by atoms with Gasteiger partial charge in [-0.05, 0) is 36.4 Å². The van der Waals surface area contributed by atoms with Crippen molar-refractivity contribution in [3.63, 3.8) is 0 Å². The molecule has 1 heterocycles. The van der Waals surface area contributed by atoms with Crippen LogP contribution >= 0.6 is 11.6 Å². The number of halogens is 1. The molecule has 1 saturated heterocycles. The highest BCUT2D eigenvalue weighted by atomic mass is 35.5. The van der Waals surface area contributed by atoms with Crippen LogP contribution in [0.4, 0.5) is 10.5 Å². The minimum atomic E-state index is -1.09. The number of nitrogens with zero attached hydrogens (tertiary/aromatic N) is 3. The Bertz CT molecular complexity index is 1110. The molecule has 0 aromatic heterocycles. The van der Waals surface area contributed by atoms with Gasteiger partial charge in [0.2, 0.25) is 5.91 Å². The van der Waals surface area contributed by atoms with Gasteiger partial charge in [0.1, 0.15) is 18.0 Å². The predicted octanol–water partition coefficient (Wildman–Crippen LogP) is 3.14. The Morgan fingerprint density at radius 2 is 1.84 bits per heavy atom. The van der Waals surface area contributed by atoms with E-state index in [0.29, 0.717) is 21.2 Å². The smallest absolute Gasteiger partial charge is 0.422 e. The number of methoxy groups -OCH3 is 1. The molecule has 11 heteroatoms. The van der Waals surface area contributed by atoms with E-state index in [0.717, 1.165) is 12.1 Å². The number of nitro benzene ring substituents is 1. The molecule has 0 spiro atoms. The van der Waals surface area contributed by atoms with Gasteiger partial charge < -0.3 is 14.4 Å². The van der Waals surface area contributed by atoms with E-state index in [-0.39, 0.29) is 23.6 Å². The monoisotopic (exact) mass is 459 g/mol. The molecule has 166 valence electrons. The standard InChI is InChI=1S/C21H18ClN3O7/c1-23-11-14(9-13-10-15(22)3-8-18(13)31-2)20(27)24(12-19(23)26)21(28)32-17-6-4-16(5-7-17)25(29)30/h3-10H,11-12H2,1-2H3. The molecule has 0 atom stereocenters. The minimum Gasteiger partial charge on any atom is -0.496 e. The summed E-state index contributed by atoms with van der Waals surface area (Å²) in [6.45, 7) is -0.570. The van der Waals surface area contributed by atoms with E-state index in [2.05, 4.69) is 0 Å². The first-order valence-electron chi connectivity index (χ1n) is 9.26. The van der Waals surface area contributed by atoms with Crippen molar-refractivity contribution in [2.75, 3.05) is 27.2 Å². The molecule has 0 N–H and O–H groups in total. The molecule has 2 aromatic carbocycles. The number of carbonyl (C=O) groups is 3. The summed E-state index contributed by atoms with van der Waals surface area (Å²) in [6, 6.07) is 9.60. The second-order valence-electron chi connectivity index (χ2n) is 6.82. The molecule has 3 amide bonds. The molecule has 0 radical (unpaired) electrons. The third kappa shape index (κ3) is 5.03. The van der Waals surface area contributed by atoms with Crippen LogP contribution in [-0.2, 0) is 9.59 Å². The lowest BCUT2D eigenvalue weighted by Gasteiger charge is -2.17. The Morgan fingerprint density at radius 1 is 1.16 bits per heavy atom. The van der Waals surface area contributed by atoms with Crippen molar-refractivity contribution in [1.29, 1.82) is 0 Å². The van der Waals surface area contributed by atoms with Crippen molar-refractivity contribution in [2.24, 2.45) is 0 Å². The molecule has 0 saturated carbocycles. The highest BCUT2D eigenvalue weighted by molar-refractivity contribution is 6.30. The first-order chi connectivity index (χ1) is 15.2. The summed E-state index contributed by atoms with van der Waals surface area (Å²) < 4.78 is 10.4. The fourth-order valence-corrected chi connectivity index (χ4v) is 3.15. The summed E-state index contributed by atoms with van der Waals surface area (Å²) in [6.07, 6.45) is 0.408. The molecule has 10 nitrogen and oxygen atoms in total. The van der Waals surface area contributed by atoms with Crippen LogP contribution in [0, 0.1) is 10.1 Å². The summed E-state index contributed by atoms with van der Waals surface area (Å²) in [5, 5.41) is 11.2. The van der Waals surface area contributed by atoms with Gasteiger partial charge in [-0.15, -0.1) is 0 Å². The van der Waals surface area contributed by atoms with Crippen LogP contribution in [0.15, 0.2) is 48.0 Å². The summed E-state index contributed by atoms with van der Waals surface area (Å²) >= 11 is 6.05. The van der Waals surface area contributed by atoms with Crippen LogP contribution in [0.25, 0.3) is 6.08 Å². The Kier molecular flexibility index (Phi) is 6.74. The fraction of sp³-hybridized carbons (Fsp3) is 0.190. The number of ether oxygens (including phenoxy) is 2. The topological polar surface area (TPSA) is 119 Å². The molecule has 1 aliphatic rings. The SMILES string of the molecule is COc1ccc(Cl)cc1C=C1CN(C)C(=O)CN(C(=O)Oc2ccc([N+](=O)[O-])cc2)C1=O. The van der Waals surface area contributed by atoms with Crippen molar-refractivity contribution in [3.8, 4) is 11.5 Å². The molecule has 0 unspecified atom stereocenters. The lowest BCUT2D eigenvalue weighted by Crippen LogP contribution is -2.42. The summed E-state index contributed by atoms with van der Waals surface area (Å²) in [5.41, 5.74) is 0.447. The van der Waals surface area contributed by atoms with Crippen LogP contribution in [0.5, 0.6) is 11.5 Å². The van der Waals surface area contributed by atoms with Gasteiger partial charge in [0.25, 0.3) is 11.6 Å². The van der Waals surface area contributed by atoms with Gasteiger partial charge in [0.15, 0.2) is 0 Å². The fourth-order valence-electron chi connectivity index (χ4n) is 2.96. The van der Waals surface area contributed by atoms with E-state index in [1.165, 1.54) is 37.3 Å². The van der Waals surface area contributed by atoms with Crippen molar-refractivity contribution in [1.82, 2.24) is 9.80 Å². The maximum absolute atomic E-state index is 13.1. The number of hydrogen-bond acceptors (Lipinski definition) is 7. The van der Waals surface area contributed by atoms with E-state index < -0.39 is 29.4 Å². The van der Waals surface area contributed by atoms with Gasteiger partial charge in [-0.3, -0.25) is 19.7 Å². The second kappa shape index (κ2) is 9.48. The number of likely N-dealkylation sites (N-methyl/N-ethyl adjacent to an activating group) is 1. The molecular weight excluding hydrogens is 442 g/mol. The third-order valence-electron chi connectivity index (χ3n) is 4.64. The summed E-state index contributed by atoms with van der Waals surface area (Å²) in [7, 11) is 2.97. The van der Waals surface area contributed by atoms with Gasteiger partial charge in [-0.2, -0.15) is 0 Å². The highest BCUT2D eigenvalue weighted by Crippen LogP contribution is 2.26. The number of imide groups is 1. The van der Waals surface area contributed by atoms with Crippen LogP contribution in [0.3, 0.4) is 0 Å². The lowest BCUT2D eigenvalue weighted by atomic mass is 10.1. The number of carbonyl (C=O) groups excluding carboxylic acids is 3. The summed E-state index contributed by atoms with van der Waals surface area (Å²) in [4.78, 5) is 50.3. The third-order valence-corrected chi connectivity index (χ3v) is 4.88. The molecule has 32 heavy (non-hydrogen) atoms. The molecule has 1 fully saturated rings. The number of nitro groups is 1. The zero-order chi connectivity index (χ0) is 23.4. The van der Waals surface area contributed by atoms with E-state index in [4.69, 9.17) is 21.1 Å². The van der Waals surface area contributed by atoms with Crippen LogP contribution < -0.4 is 9.47 Å². The van der Waals surface area contributed by atoms with Crippen molar-refractivity contribution in [2.45, 2.75) is 0 Å². The Morgan fingerprint density at radius 3 is 2.47 bits per heavy atom. The maximum atomic E-state index is 13.1. The van der Waals surface area contributed by atoms with Crippen LogP contribution in [-0.4, -0.2) is 59.9 Å². The maximum Gasteiger partial charge on any atom is 0.422 e. The predicted molar refractivity (Wildman–Crippen MR) is 114 cm³/mol. The number of rotatable bonds is 4. The number of benzene rings is 2. The first kappa shape index (κ1) is 22.8. The van der Waals surface area contributed by atoms with E-state index >= 15 is 0 Å². The largest absolute Gasteiger partial charge is 0.496 e. The van der Waals surface area contributed by atoms with Crippen molar-refractivity contribution < 1.29 is 28.8 Å². The summed E-state index contributed by atoms with van der Waals surface area (Å²) in [5.74, 6) is -0.759. The Labute approximate surface area is 187 Å². The van der Waals surface area contributed by atoms with E-state index in [9.17, 15) is 24.5 Å². The van der Waals surface area contributed by atoms with Gasteiger partial charge >= 0.3 is 6.09 Å². The van der Waals surface area contributed by atoms with Crippen LogP contribution in [0.2, 0.25) is 5.02 Å². The van der Waals surface area contributed by atoms with Gasteiger partial charge in [0, 0.05) is 35.3 Å². The molecule has 0 bridgehead atoms. The lowest BCUT2D eigenvalue weighted by molar-refractivity contribution is -0.384. The first-order valence-corrected chi connectivity index (χ1v) is 9.63. The van der Waals surface area contributed by atoms with E-state index in [1.54, 1.807) is 18.2 Å². The van der Waals surface area contributed by atoms with Crippen molar-refractivity contribution >= 4 is 41.3 Å². The quantitative estimate of drug-likeness (QED) is 0.391. The van der Waals surface area contributed by atoms with Gasteiger partial charge in [-0.1, -0.05) is 11.6 Å². The minimum absolute atomic E-state index is 0.0134.